The Kier molecular flexibility index (Phi) is 5.83. The first-order valence-electron chi connectivity index (χ1n) is 7.46. The number of unbranched alkanes of at least 4 members (excludes halogenated alkanes) is 1. The molecule has 1 heterocycles. The second-order valence-corrected chi connectivity index (χ2v) is 4.97. The maximum Gasteiger partial charge on any atom is 0.248 e. The van der Waals surface area contributed by atoms with Gasteiger partial charge in [0.25, 0.3) is 0 Å². The molecule has 1 amide bonds. The van der Waals surface area contributed by atoms with Gasteiger partial charge in [-0.05, 0) is 43.7 Å². The highest BCUT2D eigenvalue weighted by Crippen LogP contribution is 2.24. The van der Waals surface area contributed by atoms with Gasteiger partial charge in [0.15, 0.2) is 0 Å². The molecule has 2 rings (SSSR count). The van der Waals surface area contributed by atoms with Crippen LogP contribution in [0.2, 0.25) is 0 Å². The van der Waals surface area contributed by atoms with Crippen LogP contribution in [0.1, 0.15) is 31.3 Å². The van der Waals surface area contributed by atoms with Crippen LogP contribution in [0.25, 0.3) is 6.08 Å². The lowest BCUT2D eigenvalue weighted by molar-refractivity contribution is -0.111. The zero-order valence-corrected chi connectivity index (χ0v) is 13.0. The van der Waals surface area contributed by atoms with E-state index in [1.54, 1.807) is 6.08 Å². The van der Waals surface area contributed by atoms with E-state index in [9.17, 15) is 4.79 Å². The van der Waals surface area contributed by atoms with E-state index in [1.807, 2.05) is 43.3 Å². The number of nitrogens with one attached hydrogen (secondary N) is 1. The van der Waals surface area contributed by atoms with E-state index >= 15 is 0 Å². The first-order chi connectivity index (χ1) is 10.7. The highest BCUT2D eigenvalue weighted by Gasteiger charge is 2.05. The first kappa shape index (κ1) is 15.9. The molecule has 0 fully saturated rings. The van der Waals surface area contributed by atoms with E-state index in [4.69, 9.17) is 9.15 Å². The van der Waals surface area contributed by atoms with E-state index in [0.717, 1.165) is 18.6 Å². The molecule has 0 aliphatic heterocycles. The Morgan fingerprint density at radius 3 is 2.82 bits per heavy atom. The zero-order chi connectivity index (χ0) is 15.8. The molecule has 1 N–H and O–H groups in total. The highest BCUT2D eigenvalue weighted by atomic mass is 16.5. The van der Waals surface area contributed by atoms with Crippen LogP contribution in [0.4, 0.5) is 5.69 Å². The van der Waals surface area contributed by atoms with Crippen molar-refractivity contribution < 1.29 is 13.9 Å². The quantitative estimate of drug-likeness (QED) is 0.608. The molecule has 0 spiro atoms. The van der Waals surface area contributed by atoms with Gasteiger partial charge < -0.3 is 14.5 Å². The van der Waals surface area contributed by atoms with E-state index < -0.39 is 0 Å². The lowest BCUT2D eigenvalue weighted by Gasteiger charge is -2.11. The second kappa shape index (κ2) is 8.08. The summed E-state index contributed by atoms with van der Waals surface area (Å²) in [5, 5.41) is 2.82. The summed E-state index contributed by atoms with van der Waals surface area (Å²) in [6.45, 7) is 4.62. The monoisotopic (exact) mass is 299 g/mol. The average Bonchev–Trinajstić information content (AvgIpc) is 2.93. The summed E-state index contributed by atoms with van der Waals surface area (Å²) in [7, 11) is 0. The molecule has 0 atom stereocenters. The van der Waals surface area contributed by atoms with Gasteiger partial charge in [-0.3, -0.25) is 4.79 Å². The molecule has 0 aliphatic carbocycles. The van der Waals surface area contributed by atoms with Gasteiger partial charge in [-0.1, -0.05) is 25.5 Å². The van der Waals surface area contributed by atoms with Gasteiger partial charge in [-0.15, -0.1) is 0 Å². The topological polar surface area (TPSA) is 51.5 Å². The summed E-state index contributed by atoms with van der Waals surface area (Å²) in [4.78, 5) is 12.0. The molecule has 0 saturated heterocycles. The molecular formula is C18H21NO3. The third-order valence-corrected chi connectivity index (χ3v) is 3.06. The predicted octanol–water partition coefficient (Wildman–Crippen LogP) is 4.42. The van der Waals surface area contributed by atoms with Crippen molar-refractivity contribution in [1.29, 1.82) is 0 Å². The van der Waals surface area contributed by atoms with Gasteiger partial charge in [0.1, 0.15) is 17.3 Å². The Labute approximate surface area is 130 Å². The number of anilines is 1. The molecule has 22 heavy (non-hydrogen) atoms. The highest BCUT2D eigenvalue weighted by molar-refractivity contribution is 6.02. The summed E-state index contributed by atoms with van der Waals surface area (Å²) >= 11 is 0. The number of ether oxygens (including phenoxy) is 1. The van der Waals surface area contributed by atoms with Crippen LogP contribution in [0.3, 0.4) is 0 Å². The van der Waals surface area contributed by atoms with Crippen molar-refractivity contribution in [3.63, 3.8) is 0 Å². The first-order valence-corrected chi connectivity index (χ1v) is 7.46. The third-order valence-electron chi connectivity index (χ3n) is 3.06. The normalized spacial score (nSPS) is 10.8. The number of carbonyl (C=O) groups excluding carboxylic acids is 1. The van der Waals surface area contributed by atoms with Crippen molar-refractivity contribution in [2.45, 2.75) is 26.7 Å². The fraction of sp³-hybridized carbons (Fsp3) is 0.278. The van der Waals surface area contributed by atoms with Crippen LogP contribution in [0.5, 0.6) is 5.75 Å². The van der Waals surface area contributed by atoms with Crippen LogP contribution < -0.4 is 10.1 Å². The van der Waals surface area contributed by atoms with Gasteiger partial charge >= 0.3 is 0 Å². The van der Waals surface area contributed by atoms with E-state index in [0.29, 0.717) is 23.8 Å². The summed E-state index contributed by atoms with van der Waals surface area (Å²) in [6.07, 6.45) is 5.14. The van der Waals surface area contributed by atoms with Gasteiger partial charge in [-0.25, -0.2) is 0 Å². The van der Waals surface area contributed by atoms with Crippen molar-refractivity contribution in [2.24, 2.45) is 0 Å². The molecule has 4 heteroatoms. The van der Waals surface area contributed by atoms with Crippen LogP contribution >= 0.6 is 0 Å². The van der Waals surface area contributed by atoms with Gasteiger partial charge in [0.2, 0.25) is 5.91 Å². The Morgan fingerprint density at radius 1 is 1.27 bits per heavy atom. The lowest BCUT2D eigenvalue weighted by atomic mass is 10.3. The number of para-hydroxylation sites is 2. The minimum atomic E-state index is -0.222. The SMILES string of the molecule is CCCCOc1ccccc1NC(=O)/C=C/c1ccc(C)o1. The Hall–Kier alpha value is -2.49. The van der Waals surface area contributed by atoms with E-state index in [2.05, 4.69) is 12.2 Å². The number of carbonyl (C=O) groups is 1. The van der Waals surface area contributed by atoms with E-state index in [1.165, 1.54) is 6.08 Å². The summed E-state index contributed by atoms with van der Waals surface area (Å²) < 4.78 is 11.1. The fourth-order valence-electron chi connectivity index (χ4n) is 1.90. The molecular weight excluding hydrogens is 278 g/mol. The average molecular weight is 299 g/mol. The van der Waals surface area contributed by atoms with Crippen molar-refractivity contribution in [1.82, 2.24) is 0 Å². The standard InChI is InChI=1S/C18H21NO3/c1-3-4-13-21-17-8-6-5-7-16(17)19-18(20)12-11-15-10-9-14(2)22-15/h5-12H,3-4,13H2,1-2H3,(H,19,20)/b12-11+. The van der Waals surface area contributed by atoms with Crippen LogP contribution in [0.15, 0.2) is 46.9 Å². The molecule has 116 valence electrons. The molecule has 0 unspecified atom stereocenters. The van der Waals surface area contributed by atoms with Crippen LogP contribution in [-0.2, 0) is 4.79 Å². The minimum absolute atomic E-state index is 0.222. The van der Waals surface area contributed by atoms with Crippen LogP contribution in [-0.4, -0.2) is 12.5 Å². The summed E-state index contributed by atoms with van der Waals surface area (Å²) in [5.41, 5.74) is 0.670. The maximum atomic E-state index is 12.0. The molecule has 0 radical (unpaired) electrons. The fourth-order valence-corrected chi connectivity index (χ4v) is 1.90. The Balaban J connectivity index is 1.97. The van der Waals surface area contributed by atoms with Gasteiger partial charge in [-0.2, -0.15) is 0 Å². The maximum absolute atomic E-state index is 12.0. The molecule has 0 saturated carbocycles. The third kappa shape index (κ3) is 4.81. The predicted molar refractivity (Wildman–Crippen MR) is 88.0 cm³/mol. The van der Waals surface area contributed by atoms with Gasteiger partial charge in [0.05, 0.1) is 12.3 Å². The molecule has 4 nitrogen and oxygen atoms in total. The number of amides is 1. The van der Waals surface area contributed by atoms with Crippen molar-refractivity contribution >= 4 is 17.7 Å². The second-order valence-electron chi connectivity index (χ2n) is 4.97. The van der Waals surface area contributed by atoms with Crippen molar-refractivity contribution in [3.05, 3.63) is 54.0 Å². The number of hydrogen-bond donors (Lipinski definition) is 1. The zero-order valence-electron chi connectivity index (χ0n) is 13.0. The van der Waals surface area contributed by atoms with E-state index in [-0.39, 0.29) is 5.91 Å². The van der Waals surface area contributed by atoms with Gasteiger partial charge in [0, 0.05) is 6.08 Å². The Morgan fingerprint density at radius 2 is 2.09 bits per heavy atom. The number of benzene rings is 1. The smallest absolute Gasteiger partial charge is 0.248 e. The number of aryl methyl sites for hydroxylation is 1. The Bertz CT molecular complexity index is 643. The largest absolute Gasteiger partial charge is 0.491 e. The van der Waals surface area contributed by atoms with Crippen molar-refractivity contribution in [3.8, 4) is 5.75 Å². The summed E-state index contributed by atoms with van der Waals surface area (Å²) in [6, 6.07) is 11.1. The van der Waals surface area contributed by atoms with Crippen LogP contribution in [0, 0.1) is 6.92 Å². The lowest BCUT2D eigenvalue weighted by Crippen LogP contribution is -2.09. The minimum Gasteiger partial charge on any atom is -0.491 e. The molecule has 0 bridgehead atoms. The number of furan rings is 1. The van der Waals surface area contributed by atoms with Crippen molar-refractivity contribution in [2.75, 3.05) is 11.9 Å². The molecule has 2 aromatic rings. The summed E-state index contributed by atoms with van der Waals surface area (Å²) in [5.74, 6) is 1.93. The molecule has 0 aliphatic rings. The molecule has 1 aromatic carbocycles. The number of hydrogen-bond acceptors (Lipinski definition) is 3. The molecule has 1 aromatic heterocycles. The number of rotatable bonds is 7.